The molecule has 2 amide bonds. The highest BCUT2D eigenvalue weighted by Crippen LogP contribution is 2.37. The van der Waals surface area contributed by atoms with E-state index < -0.39 is 23.4 Å². The Labute approximate surface area is 164 Å². The highest BCUT2D eigenvalue weighted by Gasteiger charge is 2.32. The van der Waals surface area contributed by atoms with E-state index >= 15 is 0 Å². The fraction of sp³-hybridized carbons (Fsp3) is 0.364. The van der Waals surface area contributed by atoms with Crippen molar-refractivity contribution in [2.45, 2.75) is 39.7 Å². The topological polar surface area (TPSA) is 49.9 Å². The molecule has 0 aliphatic carbocycles. The van der Waals surface area contributed by atoms with E-state index in [9.17, 15) is 14.0 Å². The fourth-order valence-corrected chi connectivity index (χ4v) is 3.38. The summed E-state index contributed by atoms with van der Waals surface area (Å²) in [5, 5.41) is 0. The lowest BCUT2D eigenvalue weighted by Crippen LogP contribution is -2.35. The van der Waals surface area contributed by atoms with Gasteiger partial charge in [0.05, 0.1) is 11.3 Å². The highest BCUT2D eigenvalue weighted by atomic mass is 19.1. The van der Waals surface area contributed by atoms with E-state index in [0.717, 1.165) is 11.3 Å². The molecule has 0 saturated carbocycles. The zero-order valence-electron chi connectivity index (χ0n) is 16.7. The molecule has 0 bridgehead atoms. The van der Waals surface area contributed by atoms with E-state index in [0.29, 0.717) is 25.2 Å². The number of fused-ring (bicyclic) bond motifs is 1. The number of anilines is 2. The molecule has 0 radical (unpaired) electrons. The maximum atomic E-state index is 14.1. The van der Waals surface area contributed by atoms with Crippen LogP contribution in [-0.4, -0.2) is 30.7 Å². The molecule has 0 saturated heterocycles. The van der Waals surface area contributed by atoms with Crippen molar-refractivity contribution in [3.8, 4) is 0 Å². The normalized spacial score (nSPS) is 13.2. The second-order valence-electron chi connectivity index (χ2n) is 7.69. The minimum Gasteiger partial charge on any atom is -0.443 e. The number of hydrogen-bond donors (Lipinski definition) is 0. The van der Waals surface area contributed by atoms with Gasteiger partial charge in [-0.3, -0.25) is 9.69 Å². The lowest BCUT2D eigenvalue weighted by atomic mass is 10.1. The van der Waals surface area contributed by atoms with Crippen LogP contribution < -0.4 is 9.80 Å². The summed E-state index contributed by atoms with van der Waals surface area (Å²) in [6.07, 6.45) is 0.193. The number of rotatable bonds is 3. The van der Waals surface area contributed by atoms with Gasteiger partial charge in [-0.05, 0) is 58.4 Å². The van der Waals surface area contributed by atoms with E-state index in [1.807, 2.05) is 39.8 Å². The third kappa shape index (κ3) is 3.86. The van der Waals surface area contributed by atoms with Crippen molar-refractivity contribution in [3.05, 3.63) is 59.4 Å². The predicted octanol–water partition coefficient (Wildman–Crippen LogP) is 4.79. The van der Waals surface area contributed by atoms with Crippen LogP contribution in [0.3, 0.4) is 0 Å². The molecule has 0 atom stereocenters. The lowest BCUT2D eigenvalue weighted by molar-refractivity contribution is 0.0584. The first-order chi connectivity index (χ1) is 13.2. The summed E-state index contributed by atoms with van der Waals surface area (Å²) in [6.45, 7) is 8.18. The number of carbonyl (C=O) groups excluding carboxylic acids is 2. The lowest BCUT2D eigenvalue weighted by Gasteiger charge is -2.26. The third-order valence-corrected chi connectivity index (χ3v) is 4.57. The third-order valence-electron chi connectivity index (χ3n) is 4.57. The van der Waals surface area contributed by atoms with Crippen LogP contribution in [0.2, 0.25) is 0 Å². The SMILES string of the molecule is CCN(C(=O)c1ccccc1F)c1cccc2c1CCN2C(=O)OC(C)(C)C. The summed E-state index contributed by atoms with van der Waals surface area (Å²) in [6, 6.07) is 11.4. The molecular weight excluding hydrogens is 359 g/mol. The fourth-order valence-electron chi connectivity index (χ4n) is 3.38. The van der Waals surface area contributed by atoms with Gasteiger partial charge in [0.25, 0.3) is 5.91 Å². The Balaban J connectivity index is 1.95. The van der Waals surface area contributed by atoms with Crippen molar-refractivity contribution < 1.29 is 18.7 Å². The van der Waals surface area contributed by atoms with Gasteiger partial charge < -0.3 is 9.64 Å². The Kier molecular flexibility index (Phi) is 5.40. The van der Waals surface area contributed by atoms with Crippen molar-refractivity contribution in [3.63, 3.8) is 0 Å². The summed E-state index contributed by atoms with van der Waals surface area (Å²) in [4.78, 5) is 28.7. The van der Waals surface area contributed by atoms with Gasteiger partial charge in [-0.1, -0.05) is 18.2 Å². The Morgan fingerprint density at radius 3 is 2.50 bits per heavy atom. The summed E-state index contributed by atoms with van der Waals surface area (Å²) in [5.41, 5.74) is 1.75. The molecule has 2 aromatic rings. The van der Waals surface area contributed by atoms with Crippen molar-refractivity contribution in [1.82, 2.24) is 0 Å². The molecule has 5 nitrogen and oxygen atoms in total. The number of ether oxygens (including phenoxy) is 1. The smallest absolute Gasteiger partial charge is 0.414 e. The summed E-state index contributed by atoms with van der Waals surface area (Å²) in [5.74, 6) is -0.946. The molecule has 0 aromatic heterocycles. The number of nitrogens with zero attached hydrogens (tertiary/aromatic N) is 2. The maximum absolute atomic E-state index is 14.1. The zero-order valence-corrected chi connectivity index (χ0v) is 16.7. The van der Waals surface area contributed by atoms with Gasteiger partial charge in [0.2, 0.25) is 0 Å². The van der Waals surface area contributed by atoms with Crippen molar-refractivity contribution in [2.75, 3.05) is 22.9 Å². The first-order valence-corrected chi connectivity index (χ1v) is 9.41. The molecule has 1 heterocycles. The second kappa shape index (κ2) is 7.62. The molecule has 1 aliphatic heterocycles. The quantitative estimate of drug-likeness (QED) is 0.764. The number of benzene rings is 2. The molecule has 1 aliphatic rings. The summed E-state index contributed by atoms with van der Waals surface area (Å²) < 4.78 is 19.6. The van der Waals surface area contributed by atoms with Gasteiger partial charge in [-0.2, -0.15) is 0 Å². The molecule has 0 fully saturated rings. The first kappa shape index (κ1) is 19.9. The van der Waals surface area contributed by atoms with Gasteiger partial charge in [0, 0.05) is 24.3 Å². The van der Waals surface area contributed by atoms with Crippen molar-refractivity contribution >= 4 is 23.4 Å². The van der Waals surface area contributed by atoms with Gasteiger partial charge in [0.1, 0.15) is 11.4 Å². The Morgan fingerprint density at radius 2 is 1.86 bits per heavy atom. The molecule has 0 spiro atoms. The predicted molar refractivity (Wildman–Crippen MR) is 107 cm³/mol. The van der Waals surface area contributed by atoms with Crippen molar-refractivity contribution in [2.24, 2.45) is 0 Å². The van der Waals surface area contributed by atoms with Crippen LogP contribution in [-0.2, 0) is 11.2 Å². The van der Waals surface area contributed by atoms with E-state index in [2.05, 4.69) is 0 Å². The number of halogens is 1. The van der Waals surface area contributed by atoms with Crippen LogP contribution in [0.4, 0.5) is 20.6 Å². The molecule has 3 rings (SSSR count). The first-order valence-electron chi connectivity index (χ1n) is 9.41. The number of amides is 2. The molecule has 28 heavy (non-hydrogen) atoms. The minimum atomic E-state index is -0.590. The van der Waals surface area contributed by atoms with E-state index in [1.54, 1.807) is 28.0 Å². The van der Waals surface area contributed by atoms with Crippen LogP contribution in [0, 0.1) is 5.82 Å². The van der Waals surface area contributed by atoms with Crippen LogP contribution in [0.15, 0.2) is 42.5 Å². The van der Waals surface area contributed by atoms with Gasteiger partial charge >= 0.3 is 6.09 Å². The van der Waals surface area contributed by atoms with Gasteiger partial charge in [-0.25, -0.2) is 9.18 Å². The molecule has 148 valence electrons. The standard InChI is InChI=1S/C22H25FN2O3/c1-5-24(20(26)15-9-6-7-10-17(15)23)18-11-8-12-19-16(18)13-14-25(19)21(27)28-22(2,3)4/h6-12H,5,13-14H2,1-4H3. The van der Waals surface area contributed by atoms with Gasteiger partial charge in [-0.15, -0.1) is 0 Å². The number of hydrogen-bond acceptors (Lipinski definition) is 3. The average Bonchev–Trinajstić information content (AvgIpc) is 3.06. The van der Waals surface area contributed by atoms with Crippen LogP contribution >= 0.6 is 0 Å². The zero-order chi connectivity index (χ0) is 20.5. The molecule has 0 unspecified atom stereocenters. The summed E-state index contributed by atoms with van der Waals surface area (Å²) >= 11 is 0. The maximum Gasteiger partial charge on any atom is 0.414 e. The second-order valence-corrected chi connectivity index (χ2v) is 7.69. The monoisotopic (exact) mass is 384 g/mol. The van der Waals surface area contributed by atoms with Crippen LogP contribution in [0.1, 0.15) is 43.6 Å². The van der Waals surface area contributed by atoms with E-state index in [4.69, 9.17) is 4.74 Å². The van der Waals surface area contributed by atoms with Gasteiger partial charge in [0.15, 0.2) is 0 Å². The molecule has 6 heteroatoms. The average molecular weight is 384 g/mol. The Bertz CT molecular complexity index is 905. The minimum absolute atomic E-state index is 0.0314. The van der Waals surface area contributed by atoms with E-state index in [-0.39, 0.29) is 5.56 Å². The van der Waals surface area contributed by atoms with Crippen LogP contribution in [0.5, 0.6) is 0 Å². The molecule has 2 aromatic carbocycles. The Hall–Kier alpha value is -2.89. The largest absolute Gasteiger partial charge is 0.443 e. The van der Waals surface area contributed by atoms with Crippen molar-refractivity contribution in [1.29, 1.82) is 0 Å². The number of carbonyl (C=O) groups is 2. The molecule has 0 N–H and O–H groups in total. The highest BCUT2D eigenvalue weighted by molar-refractivity contribution is 6.07. The van der Waals surface area contributed by atoms with Crippen LogP contribution in [0.25, 0.3) is 0 Å². The molecular formula is C22H25FN2O3. The Morgan fingerprint density at radius 1 is 1.14 bits per heavy atom. The van der Waals surface area contributed by atoms with E-state index in [1.165, 1.54) is 12.1 Å². The summed E-state index contributed by atoms with van der Waals surface area (Å²) in [7, 11) is 0.